The number of hydrogen-bond acceptors (Lipinski definition) is 5. The molecule has 0 amide bonds. The van der Waals surface area contributed by atoms with Crippen molar-refractivity contribution in [3.8, 4) is 0 Å². The van der Waals surface area contributed by atoms with Crippen LogP contribution in [0.1, 0.15) is 36.8 Å². The molecule has 0 radical (unpaired) electrons. The van der Waals surface area contributed by atoms with Gasteiger partial charge in [-0.3, -0.25) is 0 Å². The average molecular weight is 297 g/mol. The summed E-state index contributed by atoms with van der Waals surface area (Å²) < 4.78 is 18.7. The first kappa shape index (κ1) is 14.4. The van der Waals surface area contributed by atoms with E-state index in [1.807, 2.05) is 19.9 Å². The van der Waals surface area contributed by atoms with E-state index in [4.69, 9.17) is 5.73 Å². The van der Waals surface area contributed by atoms with E-state index >= 15 is 0 Å². The summed E-state index contributed by atoms with van der Waals surface area (Å²) >= 11 is 2.87. The van der Waals surface area contributed by atoms with E-state index in [0.29, 0.717) is 5.56 Å². The number of halogens is 1. The van der Waals surface area contributed by atoms with Gasteiger partial charge in [0.1, 0.15) is 11.6 Å². The van der Waals surface area contributed by atoms with E-state index in [1.54, 1.807) is 6.92 Å². The maximum absolute atomic E-state index is 13.6. The first-order valence-electron chi connectivity index (χ1n) is 6.07. The zero-order valence-electron chi connectivity index (χ0n) is 11.1. The van der Waals surface area contributed by atoms with E-state index in [0.717, 1.165) is 27.0 Å². The highest BCUT2D eigenvalue weighted by molar-refractivity contribution is 8.01. The van der Waals surface area contributed by atoms with E-state index in [2.05, 4.69) is 9.36 Å². The van der Waals surface area contributed by atoms with Gasteiger partial charge in [0.2, 0.25) is 0 Å². The number of nitrogens with two attached hydrogens (primary N) is 1. The summed E-state index contributed by atoms with van der Waals surface area (Å²) in [6.45, 7) is 5.62. The standard InChI is InChI=1S/C13H16FN3S2/c1-4-12-16-13(19-17-12)18-11-5-7(2)10(14)6-9(11)8(3)15/h5-6,8H,4,15H2,1-3H3/t8-/m0/s1. The van der Waals surface area contributed by atoms with Crippen molar-refractivity contribution < 1.29 is 4.39 Å². The molecule has 102 valence electrons. The molecule has 0 aliphatic heterocycles. The molecule has 0 bridgehead atoms. The van der Waals surface area contributed by atoms with Crippen molar-refractivity contribution in [1.82, 2.24) is 9.36 Å². The lowest BCUT2D eigenvalue weighted by Gasteiger charge is -2.12. The van der Waals surface area contributed by atoms with Crippen LogP contribution in [0.4, 0.5) is 4.39 Å². The molecule has 0 aliphatic carbocycles. The van der Waals surface area contributed by atoms with Gasteiger partial charge in [-0.1, -0.05) is 18.7 Å². The Bertz CT molecular complexity index is 581. The molecule has 2 aromatic rings. The summed E-state index contributed by atoms with van der Waals surface area (Å²) in [6, 6.07) is 3.13. The predicted octanol–water partition coefficient (Wildman–Crippen LogP) is 3.72. The first-order chi connectivity index (χ1) is 9.01. The molecule has 0 saturated heterocycles. The number of aryl methyl sites for hydroxylation is 2. The van der Waals surface area contributed by atoms with E-state index in [9.17, 15) is 4.39 Å². The van der Waals surface area contributed by atoms with Crippen LogP contribution in [0.15, 0.2) is 21.4 Å². The minimum Gasteiger partial charge on any atom is -0.324 e. The largest absolute Gasteiger partial charge is 0.324 e. The predicted molar refractivity (Wildman–Crippen MR) is 77.1 cm³/mol. The number of aromatic nitrogens is 2. The highest BCUT2D eigenvalue weighted by atomic mass is 32.2. The van der Waals surface area contributed by atoms with Gasteiger partial charge in [-0.15, -0.1) is 0 Å². The van der Waals surface area contributed by atoms with Gasteiger partial charge >= 0.3 is 0 Å². The lowest BCUT2D eigenvalue weighted by Crippen LogP contribution is -2.07. The Morgan fingerprint density at radius 3 is 2.79 bits per heavy atom. The van der Waals surface area contributed by atoms with Crippen LogP contribution in [-0.2, 0) is 6.42 Å². The third kappa shape index (κ3) is 3.32. The Kier molecular flexibility index (Phi) is 4.54. The molecular formula is C13H16FN3S2. The van der Waals surface area contributed by atoms with Crippen molar-refractivity contribution in [3.63, 3.8) is 0 Å². The summed E-state index contributed by atoms with van der Waals surface area (Å²) in [5, 5.41) is 0. The molecule has 1 heterocycles. The molecule has 0 unspecified atom stereocenters. The second-order valence-electron chi connectivity index (χ2n) is 4.36. The summed E-state index contributed by atoms with van der Waals surface area (Å²) in [5.74, 6) is 0.622. The van der Waals surface area contributed by atoms with Crippen LogP contribution in [0.3, 0.4) is 0 Å². The van der Waals surface area contributed by atoms with Crippen LogP contribution in [0, 0.1) is 12.7 Å². The highest BCUT2D eigenvalue weighted by Gasteiger charge is 2.14. The monoisotopic (exact) mass is 297 g/mol. The number of nitrogens with zero attached hydrogens (tertiary/aromatic N) is 2. The second kappa shape index (κ2) is 5.98. The lowest BCUT2D eigenvalue weighted by atomic mass is 10.1. The van der Waals surface area contributed by atoms with E-state index in [1.165, 1.54) is 29.4 Å². The van der Waals surface area contributed by atoms with Crippen LogP contribution >= 0.6 is 23.3 Å². The highest BCUT2D eigenvalue weighted by Crippen LogP contribution is 2.35. The van der Waals surface area contributed by atoms with Crippen molar-refractivity contribution >= 4 is 23.3 Å². The Hall–Kier alpha value is -0.980. The SMILES string of the molecule is CCc1nsc(Sc2cc(C)c(F)cc2[C@H](C)N)n1. The summed E-state index contributed by atoms with van der Waals surface area (Å²) in [6.07, 6.45) is 0.819. The molecule has 2 rings (SSSR count). The topological polar surface area (TPSA) is 51.8 Å². The molecule has 0 fully saturated rings. The van der Waals surface area contributed by atoms with Gasteiger partial charge in [0.25, 0.3) is 0 Å². The smallest absolute Gasteiger partial charge is 0.174 e. The average Bonchev–Trinajstić information content (AvgIpc) is 2.81. The molecule has 0 aliphatic rings. The minimum absolute atomic E-state index is 0.212. The molecule has 0 saturated carbocycles. The Morgan fingerprint density at radius 2 is 2.21 bits per heavy atom. The van der Waals surface area contributed by atoms with Crippen molar-refractivity contribution in [2.24, 2.45) is 5.73 Å². The maximum atomic E-state index is 13.6. The molecule has 19 heavy (non-hydrogen) atoms. The summed E-state index contributed by atoms with van der Waals surface area (Å²) in [4.78, 5) is 5.36. The molecule has 6 heteroatoms. The third-order valence-electron chi connectivity index (χ3n) is 2.74. The van der Waals surface area contributed by atoms with E-state index in [-0.39, 0.29) is 11.9 Å². The van der Waals surface area contributed by atoms with Gasteiger partial charge < -0.3 is 5.73 Å². The zero-order chi connectivity index (χ0) is 14.0. The fraction of sp³-hybridized carbons (Fsp3) is 0.385. The van der Waals surface area contributed by atoms with Gasteiger partial charge in [0.15, 0.2) is 4.34 Å². The van der Waals surface area contributed by atoms with Crippen LogP contribution in [0.5, 0.6) is 0 Å². The molecule has 2 N–H and O–H groups in total. The Balaban J connectivity index is 2.35. The van der Waals surface area contributed by atoms with Crippen LogP contribution < -0.4 is 5.73 Å². The van der Waals surface area contributed by atoms with Crippen molar-refractivity contribution in [3.05, 3.63) is 34.9 Å². The zero-order valence-corrected chi connectivity index (χ0v) is 12.7. The first-order valence-corrected chi connectivity index (χ1v) is 7.66. The second-order valence-corrected chi connectivity index (χ2v) is 6.40. The quantitative estimate of drug-likeness (QED) is 0.934. The molecule has 3 nitrogen and oxygen atoms in total. The van der Waals surface area contributed by atoms with Crippen LogP contribution in [0.2, 0.25) is 0 Å². The third-order valence-corrected chi connectivity index (χ3v) is 4.61. The molecule has 1 aromatic heterocycles. The normalized spacial score (nSPS) is 12.7. The fourth-order valence-electron chi connectivity index (χ4n) is 1.63. The van der Waals surface area contributed by atoms with Crippen molar-refractivity contribution in [2.45, 2.75) is 42.5 Å². The molecule has 1 atom stereocenters. The van der Waals surface area contributed by atoms with Crippen molar-refractivity contribution in [2.75, 3.05) is 0 Å². The van der Waals surface area contributed by atoms with Gasteiger partial charge in [-0.25, -0.2) is 9.37 Å². The number of benzene rings is 1. The molecule has 0 spiro atoms. The van der Waals surface area contributed by atoms with Gasteiger partial charge in [0.05, 0.1) is 0 Å². The minimum atomic E-state index is -0.219. The van der Waals surface area contributed by atoms with E-state index < -0.39 is 0 Å². The summed E-state index contributed by atoms with van der Waals surface area (Å²) in [5.41, 5.74) is 7.33. The van der Waals surface area contributed by atoms with Crippen molar-refractivity contribution in [1.29, 1.82) is 0 Å². The maximum Gasteiger partial charge on any atom is 0.174 e. The Morgan fingerprint density at radius 1 is 1.47 bits per heavy atom. The number of rotatable bonds is 4. The van der Waals surface area contributed by atoms with Gasteiger partial charge in [-0.2, -0.15) is 4.37 Å². The summed E-state index contributed by atoms with van der Waals surface area (Å²) in [7, 11) is 0. The lowest BCUT2D eigenvalue weighted by molar-refractivity contribution is 0.610. The Labute approximate surface area is 120 Å². The van der Waals surface area contributed by atoms with Gasteiger partial charge in [-0.05, 0) is 48.6 Å². The molecular weight excluding hydrogens is 281 g/mol. The van der Waals surface area contributed by atoms with Gasteiger partial charge in [0, 0.05) is 17.4 Å². The molecule has 1 aromatic carbocycles. The van der Waals surface area contributed by atoms with Crippen LogP contribution in [0.25, 0.3) is 0 Å². The number of hydrogen-bond donors (Lipinski definition) is 1. The van der Waals surface area contributed by atoms with Crippen LogP contribution in [-0.4, -0.2) is 9.36 Å². The fourth-order valence-corrected chi connectivity index (χ4v) is 3.60.